The lowest BCUT2D eigenvalue weighted by Crippen LogP contribution is -2.42. The Morgan fingerprint density at radius 1 is 1.21 bits per heavy atom. The number of hydrogen-bond acceptors (Lipinski definition) is 2. The fourth-order valence-corrected chi connectivity index (χ4v) is 2.17. The van der Waals surface area contributed by atoms with Crippen LogP contribution in [0.25, 0.3) is 0 Å². The molecule has 0 unspecified atom stereocenters. The van der Waals surface area contributed by atoms with Crippen molar-refractivity contribution in [3.05, 3.63) is 29.8 Å². The lowest BCUT2D eigenvalue weighted by molar-refractivity contribution is -0.143. The second-order valence-corrected chi connectivity index (χ2v) is 4.90. The number of amides is 2. The molecule has 1 fully saturated rings. The summed E-state index contributed by atoms with van der Waals surface area (Å²) in [5.41, 5.74) is 1.90. The van der Waals surface area contributed by atoms with Gasteiger partial charge in [-0.05, 0) is 31.9 Å². The fraction of sp³-hybridized carbons (Fsp3) is 0.429. The molecule has 0 aromatic heterocycles. The Bertz CT molecular complexity index is 462. The zero-order valence-corrected chi connectivity index (χ0v) is 10.9. The third-order valence-electron chi connectivity index (χ3n) is 3.43. The number of carboxylic acids is 1. The largest absolute Gasteiger partial charge is 0.481 e. The minimum absolute atomic E-state index is 0.160. The van der Waals surface area contributed by atoms with Crippen molar-refractivity contribution in [1.82, 2.24) is 4.90 Å². The molecule has 5 nitrogen and oxygen atoms in total. The molecule has 2 amide bonds. The van der Waals surface area contributed by atoms with Gasteiger partial charge in [0.1, 0.15) is 0 Å². The SMILES string of the molecule is Cc1ccc(NC(=O)N2CCC(C(=O)O)CC2)cc1. The molecule has 1 saturated heterocycles. The molecule has 1 heterocycles. The number of nitrogens with one attached hydrogen (secondary N) is 1. The van der Waals surface area contributed by atoms with E-state index in [2.05, 4.69) is 5.32 Å². The first kappa shape index (κ1) is 13.4. The van der Waals surface area contributed by atoms with Gasteiger partial charge in [0.05, 0.1) is 5.92 Å². The number of urea groups is 1. The van der Waals surface area contributed by atoms with E-state index >= 15 is 0 Å². The molecule has 19 heavy (non-hydrogen) atoms. The van der Waals surface area contributed by atoms with Gasteiger partial charge < -0.3 is 15.3 Å². The van der Waals surface area contributed by atoms with Crippen LogP contribution in [-0.4, -0.2) is 35.1 Å². The summed E-state index contributed by atoms with van der Waals surface area (Å²) >= 11 is 0. The van der Waals surface area contributed by atoms with E-state index in [0.29, 0.717) is 25.9 Å². The number of aliphatic carboxylic acids is 1. The molecule has 0 spiro atoms. The molecule has 0 atom stereocenters. The van der Waals surface area contributed by atoms with E-state index in [4.69, 9.17) is 5.11 Å². The number of hydrogen-bond donors (Lipinski definition) is 2. The van der Waals surface area contributed by atoms with Gasteiger partial charge in [-0.15, -0.1) is 0 Å². The number of benzene rings is 1. The maximum absolute atomic E-state index is 12.0. The minimum Gasteiger partial charge on any atom is -0.481 e. The number of piperidine rings is 1. The molecule has 1 aromatic carbocycles. The number of carboxylic acid groups (broad SMARTS) is 1. The molecule has 0 bridgehead atoms. The normalized spacial score (nSPS) is 16.2. The Balaban J connectivity index is 1.88. The van der Waals surface area contributed by atoms with Crippen LogP contribution in [0.15, 0.2) is 24.3 Å². The average molecular weight is 262 g/mol. The van der Waals surface area contributed by atoms with Crippen LogP contribution in [0.3, 0.4) is 0 Å². The van der Waals surface area contributed by atoms with E-state index in [0.717, 1.165) is 11.3 Å². The number of anilines is 1. The zero-order chi connectivity index (χ0) is 13.8. The molecule has 0 aliphatic carbocycles. The second-order valence-electron chi connectivity index (χ2n) is 4.90. The average Bonchev–Trinajstić information content (AvgIpc) is 2.41. The highest BCUT2D eigenvalue weighted by Crippen LogP contribution is 2.18. The molecule has 2 N–H and O–H groups in total. The van der Waals surface area contributed by atoms with Gasteiger partial charge >= 0.3 is 12.0 Å². The summed E-state index contributed by atoms with van der Waals surface area (Å²) in [7, 11) is 0. The number of rotatable bonds is 2. The molecule has 1 aromatic rings. The third kappa shape index (κ3) is 3.47. The first-order chi connectivity index (χ1) is 9.06. The van der Waals surface area contributed by atoms with Gasteiger partial charge in [0.2, 0.25) is 0 Å². The zero-order valence-electron chi connectivity index (χ0n) is 10.9. The topological polar surface area (TPSA) is 69.6 Å². The highest BCUT2D eigenvalue weighted by atomic mass is 16.4. The van der Waals surface area contributed by atoms with Crippen LogP contribution in [0.4, 0.5) is 10.5 Å². The van der Waals surface area contributed by atoms with Gasteiger partial charge in [-0.25, -0.2) is 4.79 Å². The maximum Gasteiger partial charge on any atom is 0.321 e. The Labute approximate surface area is 112 Å². The number of nitrogens with zero attached hydrogens (tertiary/aromatic N) is 1. The molecule has 1 aliphatic rings. The van der Waals surface area contributed by atoms with Crippen molar-refractivity contribution in [2.75, 3.05) is 18.4 Å². The number of carbonyl (C=O) groups excluding carboxylic acids is 1. The van der Waals surface area contributed by atoms with Crippen molar-refractivity contribution in [1.29, 1.82) is 0 Å². The summed E-state index contributed by atoms with van der Waals surface area (Å²) in [5, 5.41) is 11.7. The summed E-state index contributed by atoms with van der Waals surface area (Å²) in [6, 6.07) is 7.43. The first-order valence-electron chi connectivity index (χ1n) is 6.41. The summed E-state index contributed by atoms with van der Waals surface area (Å²) in [4.78, 5) is 24.5. The van der Waals surface area contributed by atoms with E-state index in [9.17, 15) is 9.59 Å². The smallest absolute Gasteiger partial charge is 0.321 e. The molecular weight excluding hydrogens is 244 g/mol. The van der Waals surface area contributed by atoms with Gasteiger partial charge in [0.25, 0.3) is 0 Å². The Morgan fingerprint density at radius 2 is 1.79 bits per heavy atom. The van der Waals surface area contributed by atoms with Gasteiger partial charge in [-0.1, -0.05) is 17.7 Å². The molecule has 0 radical (unpaired) electrons. The standard InChI is InChI=1S/C14H18N2O3/c1-10-2-4-12(5-3-10)15-14(19)16-8-6-11(7-9-16)13(17)18/h2-5,11H,6-9H2,1H3,(H,15,19)(H,17,18). The van der Waals surface area contributed by atoms with Gasteiger partial charge in [-0.3, -0.25) is 4.79 Å². The maximum atomic E-state index is 12.0. The summed E-state index contributed by atoms with van der Waals surface area (Å²) in [6.07, 6.45) is 1.05. The Hall–Kier alpha value is -2.04. The van der Waals surface area contributed by atoms with Gasteiger partial charge in [0.15, 0.2) is 0 Å². The highest BCUT2D eigenvalue weighted by Gasteiger charge is 2.26. The number of carbonyl (C=O) groups is 2. The Kier molecular flexibility index (Phi) is 4.04. The molecule has 2 rings (SSSR count). The van der Waals surface area contributed by atoms with Crippen LogP contribution in [0.5, 0.6) is 0 Å². The predicted octanol–water partition coefficient (Wildman–Crippen LogP) is 2.32. The van der Waals surface area contributed by atoms with E-state index in [-0.39, 0.29) is 11.9 Å². The van der Waals surface area contributed by atoms with Crippen molar-refractivity contribution in [3.63, 3.8) is 0 Å². The van der Waals surface area contributed by atoms with Crippen LogP contribution in [-0.2, 0) is 4.79 Å². The van der Waals surface area contributed by atoms with Crippen molar-refractivity contribution in [2.45, 2.75) is 19.8 Å². The minimum atomic E-state index is -0.765. The monoisotopic (exact) mass is 262 g/mol. The summed E-state index contributed by atoms with van der Waals surface area (Å²) in [5.74, 6) is -1.08. The van der Waals surface area contributed by atoms with Gasteiger partial charge in [0, 0.05) is 18.8 Å². The molecular formula is C14H18N2O3. The lowest BCUT2D eigenvalue weighted by atomic mass is 9.97. The quantitative estimate of drug-likeness (QED) is 0.859. The molecule has 0 saturated carbocycles. The fourth-order valence-electron chi connectivity index (χ4n) is 2.17. The molecule has 102 valence electrons. The van der Waals surface area contributed by atoms with Crippen LogP contribution < -0.4 is 5.32 Å². The Morgan fingerprint density at radius 3 is 2.32 bits per heavy atom. The van der Waals surface area contributed by atoms with E-state index < -0.39 is 5.97 Å². The summed E-state index contributed by atoms with van der Waals surface area (Å²) in [6.45, 7) is 2.98. The highest BCUT2D eigenvalue weighted by molar-refractivity contribution is 5.89. The first-order valence-corrected chi connectivity index (χ1v) is 6.41. The van der Waals surface area contributed by atoms with E-state index in [1.165, 1.54) is 0 Å². The van der Waals surface area contributed by atoms with Crippen LogP contribution in [0.1, 0.15) is 18.4 Å². The van der Waals surface area contributed by atoms with E-state index in [1.54, 1.807) is 4.90 Å². The van der Waals surface area contributed by atoms with Crippen molar-refractivity contribution in [3.8, 4) is 0 Å². The van der Waals surface area contributed by atoms with Crippen molar-refractivity contribution >= 4 is 17.7 Å². The third-order valence-corrected chi connectivity index (χ3v) is 3.43. The van der Waals surface area contributed by atoms with Crippen LogP contribution in [0.2, 0.25) is 0 Å². The number of likely N-dealkylation sites (tertiary alicyclic amines) is 1. The number of aryl methyl sites for hydroxylation is 1. The lowest BCUT2D eigenvalue weighted by Gasteiger charge is -2.30. The molecule has 5 heteroatoms. The van der Waals surface area contributed by atoms with Gasteiger partial charge in [-0.2, -0.15) is 0 Å². The van der Waals surface area contributed by atoms with Crippen LogP contribution >= 0.6 is 0 Å². The molecule has 1 aliphatic heterocycles. The van der Waals surface area contributed by atoms with Crippen molar-refractivity contribution in [2.24, 2.45) is 5.92 Å². The predicted molar refractivity (Wildman–Crippen MR) is 72.1 cm³/mol. The summed E-state index contributed by atoms with van der Waals surface area (Å²) < 4.78 is 0. The van der Waals surface area contributed by atoms with Crippen molar-refractivity contribution < 1.29 is 14.7 Å². The van der Waals surface area contributed by atoms with E-state index in [1.807, 2.05) is 31.2 Å². The second kappa shape index (κ2) is 5.73. The van der Waals surface area contributed by atoms with Crippen LogP contribution in [0, 0.1) is 12.8 Å².